The van der Waals surface area contributed by atoms with E-state index in [1.165, 1.54) is 19.1 Å². The third-order valence-corrected chi connectivity index (χ3v) is 3.76. The van der Waals surface area contributed by atoms with Gasteiger partial charge in [0.2, 0.25) is 0 Å². The molecule has 0 spiro atoms. The molecule has 0 aliphatic heterocycles. The largest absolute Gasteiger partial charge is 0.449 e. The van der Waals surface area contributed by atoms with Gasteiger partial charge in [-0.15, -0.1) is 0 Å². The van der Waals surface area contributed by atoms with E-state index in [0.29, 0.717) is 22.2 Å². The van der Waals surface area contributed by atoms with Crippen molar-refractivity contribution in [3.05, 3.63) is 66.0 Å². The van der Waals surface area contributed by atoms with E-state index in [9.17, 15) is 14.0 Å². The van der Waals surface area contributed by atoms with Gasteiger partial charge in [0.05, 0.1) is 16.8 Å². The van der Waals surface area contributed by atoms with E-state index in [2.05, 4.69) is 4.98 Å². The molecule has 1 heterocycles. The summed E-state index contributed by atoms with van der Waals surface area (Å²) in [6, 6.07) is 14.4. The molecule has 5 nitrogen and oxygen atoms in total. The number of para-hydroxylation sites is 1. The number of hydrogen-bond donors (Lipinski definition) is 1. The second-order valence-electron chi connectivity index (χ2n) is 5.53. The summed E-state index contributed by atoms with van der Waals surface area (Å²) in [4.78, 5) is 28.2. The number of pyridine rings is 1. The normalized spacial score (nSPS) is 11.9. The predicted octanol–water partition coefficient (Wildman–Crippen LogP) is 3.07. The van der Waals surface area contributed by atoms with Crippen LogP contribution in [0.4, 0.5) is 4.39 Å². The molecule has 0 radical (unpaired) electrons. The first-order valence-electron chi connectivity index (χ1n) is 7.62. The van der Waals surface area contributed by atoms with Gasteiger partial charge in [0.1, 0.15) is 5.82 Å². The third-order valence-electron chi connectivity index (χ3n) is 3.76. The molecule has 0 fully saturated rings. The Bertz CT molecular complexity index is 955. The Morgan fingerprint density at radius 2 is 1.80 bits per heavy atom. The quantitative estimate of drug-likeness (QED) is 0.741. The van der Waals surface area contributed by atoms with Gasteiger partial charge in [0, 0.05) is 10.9 Å². The number of aromatic nitrogens is 1. The summed E-state index contributed by atoms with van der Waals surface area (Å²) < 4.78 is 18.3. The van der Waals surface area contributed by atoms with Crippen molar-refractivity contribution in [3.63, 3.8) is 0 Å². The number of carbonyl (C=O) groups is 2. The molecule has 1 aromatic heterocycles. The lowest BCUT2D eigenvalue weighted by Crippen LogP contribution is -2.30. The van der Waals surface area contributed by atoms with Crippen LogP contribution in [0.15, 0.2) is 54.6 Å². The molecular formula is C19H15FN2O3. The number of amides is 1. The van der Waals surface area contributed by atoms with Crippen LogP contribution in [0.1, 0.15) is 17.3 Å². The molecule has 0 unspecified atom stereocenters. The van der Waals surface area contributed by atoms with Crippen molar-refractivity contribution in [3.8, 4) is 11.3 Å². The number of primary amides is 1. The Morgan fingerprint density at radius 1 is 1.12 bits per heavy atom. The fourth-order valence-corrected chi connectivity index (χ4v) is 2.39. The van der Waals surface area contributed by atoms with E-state index in [4.69, 9.17) is 10.5 Å². The minimum atomic E-state index is -1.05. The molecule has 6 heteroatoms. The molecule has 25 heavy (non-hydrogen) atoms. The van der Waals surface area contributed by atoms with Crippen LogP contribution < -0.4 is 5.73 Å². The molecular weight excluding hydrogens is 323 g/mol. The summed E-state index contributed by atoms with van der Waals surface area (Å²) in [6.07, 6.45) is -1.05. The van der Waals surface area contributed by atoms with Crippen molar-refractivity contribution >= 4 is 22.8 Å². The smallest absolute Gasteiger partial charge is 0.339 e. The van der Waals surface area contributed by atoms with Crippen molar-refractivity contribution in [2.75, 3.05) is 0 Å². The van der Waals surface area contributed by atoms with Gasteiger partial charge in [0.25, 0.3) is 5.91 Å². The number of nitrogens with two attached hydrogens (primary N) is 1. The molecule has 3 rings (SSSR count). The summed E-state index contributed by atoms with van der Waals surface area (Å²) in [5.41, 5.74) is 7.15. The van der Waals surface area contributed by atoms with Crippen LogP contribution in [0.2, 0.25) is 0 Å². The zero-order chi connectivity index (χ0) is 18.0. The molecule has 0 bridgehead atoms. The van der Waals surface area contributed by atoms with E-state index < -0.39 is 18.0 Å². The maximum absolute atomic E-state index is 13.1. The Balaban J connectivity index is 2.11. The highest BCUT2D eigenvalue weighted by Crippen LogP contribution is 2.26. The number of ether oxygens (including phenoxy) is 1. The third kappa shape index (κ3) is 3.47. The molecule has 1 atom stereocenters. The van der Waals surface area contributed by atoms with Gasteiger partial charge in [-0.25, -0.2) is 14.2 Å². The number of nitrogens with zero attached hydrogens (tertiary/aromatic N) is 1. The first kappa shape index (κ1) is 16.6. The summed E-state index contributed by atoms with van der Waals surface area (Å²) in [5.74, 6) is -1.77. The van der Waals surface area contributed by atoms with Gasteiger partial charge < -0.3 is 10.5 Å². The van der Waals surface area contributed by atoms with Crippen LogP contribution in [-0.2, 0) is 9.53 Å². The Hall–Kier alpha value is -3.28. The van der Waals surface area contributed by atoms with Gasteiger partial charge >= 0.3 is 5.97 Å². The van der Waals surface area contributed by atoms with Gasteiger partial charge in [-0.3, -0.25) is 4.79 Å². The van der Waals surface area contributed by atoms with Crippen LogP contribution >= 0.6 is 0 Å². The van der Waals surface area contributed by atoms with E-state index >= 15 is 0 Å². The number of esters is 1. The fourth-order valence-electron chi connectivity index (χ4n) is 2.39. The molecule has 3 aromatic rings. The standard InChI is InChI=1S/C19H15FN2O3/c1-11(18(21)23)25-19(24)15-10-17(12-6-8-13(20)9-7-12)22-16-5-3-2-4-14(15)16/h2-11H,1H3,(H2,21,23)/t11-/m1/s1. The van der Waals surface area contributed by atoms with E-state index in [1.807, 2.05) is 0 Å². The summed E-state index contributed by atoms with van der Waals surface area (Å²) in [7, 11) is 0. The highest BCUT2D eigenvalue weighted by molar-refractivity contribution is 6.05. The van der Waals surface area contributed by atoms with Crippen LogP contribution in [0, 0.1) is 5.82 Å². The van der Waals surface area contributed by atoms with Crippen molar-refractivity contribution < 1.29 is 18.7 Å². The maximum atomic E-state index is 13.1. The van der Waals surface area contributed by atoms with E-state index in [-0.39, 0.29) is 11.4 Å². The zero-order valence-corrected chi connectivity index (χ0v) is 13.4. The monoisotopic (exact) mass is 338 g/mol. The number of hydrogen-bond acceptors (Lipinski definition) is 4. The van der Waals surface area contributed by atoms with Gasteiger partial charge in [-0.2, -0.15) is 0 Å². The van der Waals surface area contributed by atoms with Crippen LogP contribution in [0.3, 0.4) is 0 Å². The molecule has 0 aliphatic carbocycles. The number of rotatable bonds is 4. The molecule has 2 aromatic carbocycles. The average molecular weight is 338 g/mol. The minimum Gasteiger partial charge on any atom is -0.449 e. The molecule has 2 N–H and O–H groups in total. The Labute approximate surface area is 143 Å². The van der Waals surface area contributed by atoms with Crippen molar-refractivity contribution in [2.45, 2.75) is 13.0 Å². The Morgan fingerprint density at radius 3 is 2.48 bits per heavy atom. The molecule has 0 saturated heterocycles. The van der Waals surface area contributed by atoms with Crippen LogP contribution in [0.25, 0.3) is 22.2 Å². The SMILES string of the molecule is C[C@@H](OC(=O)c1cc(-c2ccc(F)cc2)nc2ccccc12)C(N)=O. The first-order valence-corrected chi connectivity index (χ1v) is 7.62. The second kappa shape index (κ2) is 6.68. The molecule has 0 saturated carbocycles. The molecule has 0 aliphatic rings. The highest BCUT2D eigenvalue weighted by atomic mass is 19.1. The molecule has 126 valence electrons. The second-order valence-corrected chi connectivity index (χ2v) is 5.53. The van der Waals surface area contributed by atoms with E-state index in [0.717, 1.165) is 0 Å². The van der Waals surface area contributed by atoms with Crippen molar-refractivity contribution in [1.82, 2.24) is 4.98 Å². The average Bonchev–Trinajstić information content (AvgIpc) is 2.61. The summed E-state index contributed by atoms with van der Waals surface area (Å²) >= 11 is 0. The topological polar surface area (TPSA) is 82.3 Å². The van der Waals surface area contributed by atoms with Crippen molar-refractivity contribution in [1.29, 1.82) is 0 Å². The van der Waals surface area contributed by atoms with Crippen molar-refractivity contribution in [2.24, 2.45) is 5.73 Å². The summed E-state index contributed by atoms with van der Waals surface area (Å²) in [6.45, 7) is 1.41. The molecule has 1 amide bonds. The van der Waals surface area contributed by atoms with Gasteiger partial charge in [-0.05, 0) is 43.3 Å². The number of halogens is 1. The lowest BCUT2D eigenvalue weighted by molar-refractivity contribution is -0.125. The van der Waals surface area contributed by atoms with Gasteiger partial charge in [0.15, 0.2) is 6.10 Å². The van der Waals surface area contributed by atoms with Crippen LogP contribution in [0.5, 0.6) is 0 Å². The van der Waals surface area contributed by atoms with Crippen LogP contribution in [-0.4, -0.2) is 23.0 Å². The maximum Gasteiger partial charge on any atom is 0.339 e. The lowest BCUT2D eigenvalue weighted by atomic mass is 10.0. The highest BCUT2D eigenvalue weighted by Gasteiger charge is 2.19. The Kier molecular flexibility index (Phi) is 4.43. The zero-order valence-electron chi connectivity index (χ0n) is 13.4. The predicted molar refractivity (Wildman–Crippen MR) is 91.2 cm³/mol. The van der Waals surface area contributed by atoms with E-state index in [1.54, 1.807) is 42.5 Å². The lowest BCUT2D eigenvalue weighted by Gasteiger charge is -2.12. The number of carbonyl (C=O) groups excluding carboxylic acids is 2. The number of benzene rings is 2. The summed E-state index contributed by atoms with van der Waals surface area (Å²) in [5, 5.41) is 0.593. The first-order chi connectivity index (χ1) is 12.0. The minimum absolute atomic E-state index is 0.262. The fraction of sp³-hybridized carbons (Fsp3) is 0.105. The number of fused-ring (bicyclic) bond motifs is 1. The van der Waals surface area contributed by atoms with Gasteiger partial charge in [-0.1, -0.05) is 18.2 Å².